The molecule has 1 saturated heterocycles. The Morgan fingerprint density at radius 2 is 1.79 bits per heavy atom. The number of likely N-dealkylation sites (tertiary alicyclic amines) is 1. The Labute approximate surface area is 205 Å². The second-order valence-corrected chi connectivity index (χ2v) is 9.77. The Morgan fingerprint density at radius 3 is 2.53 bits per heavy atom. The Bertz CT molecular complexity index is 1200. The minimum atomic E-state index is -0.438. The van der Waals surface area contributed by atoms with Gasteiger partial charge < -0.3 is 9.47 Å². The van der Waals surface area contributed by atoms with Gasteiger partial charge in [-0.15, -0.1) is 0 Å². The van der Waals surface area contributed by atoms with Crippen LogP contribution < -0.4 is 9.47 Å². The normalized spacial score (nSPS) is 20.9. The average molecular weight is 474 g/mol. The second kappa shape index (κ2) is 8.64. The van der Waals surface area contributed by atoms with Crippen molar-refractivity contribution in [1.82, 2.24) is 9.91 Å². The number of piperidine rings is 1. The summed E-state index contributed by atoms with van der Waals surface area (Å²) in [6.45, 7) is 2.90. The lowest BCUT2D eigenvalue weighted by atomic mass is 9.90. The van der Waals surface area contributed by atoms with Crippen LogP contribution in [0, 0.1) is 0 Å². The Hall–Kier alpha value is -3.02. The first-order valence-electron chi connectivity index (χ1n) is 11.9. The van der Waals surface area contributed by atoms with Gasteiger partial charge in [0, 0.05) is 49.5 Å². The van der Waals surface area contributed by atoms with E-state index >= 15 is 0 Å². The second-order valence-electron chi connectivity index (χ2n) is 9.33. The summed E-state index contributed by atoms with van der Waals surface area (Å²) in [4.78, 5) is 2.51. The molecule has 0 saturated carbocycles. The summed E-state index contributed by atoms with van der Waals surface area (Å²) < 4.78 is 12.1. The van der Waals surface area contributed by atoms with Gasteiger partial charge in [0.15, 0.2) is 0 Å². The zero-order valence-corrected chi connectivity index (χ0v) is 20.0. The van der Waals surface area contributed by atoms with Crippen LogP contribution in [0.15, 0.2) is 77.9 Å². The molecule has 3 aliphatic heterocycles. The van der Waals surface area contributed by atoms with Gasteiger partial charge in [-0.2, -0.15) is 5.10 Å². The van der Waals surface area contributed by atoms with Gasteiger partial charge in [0.05, 0.1) is 18.9 Å². The van der Waals surface area contributed by atoms with Crippen molar-refractivity contribution in [3.05, 3.63) is 94.5 Å². The van der Waals surface area contributed by atoms with E-state index in [9.17, 15) is 0 Å². The SMILES string of the molecule is COc1ccc(C2=NN3[C@@H](C2)c2cc(Cl)ccc2OC32CCN(Cc3ccccc3)CC2)cc1. The molecule has 0 aromatic heterocycles. The Kier molecular flexibility index (Phi) is 5.47. The fourth-order valence-electron chi connectivity index (χ4n) is 5.44. The highest BCUT2D eigenvalue weighted by Gasteiger charge is 2.51. The highest BCUT2D eigenvalue weighted by Crippen LogP contribution is 2.50. The van der Waals surface area contributed by atoms with Gasteiger partial charge in [0.25, 0.3) is 0 Å². The number of hydrazone groups is 1. The molecule has 1 atom stereocenters. The molecule has 3 aromatic rings. The number of halogens is 1. The molecule has 0 unspecified atom stereocenters. The van der Waals surface area contributed by atoms with Gasteiger partial charge >= 0.3 is 0 Å². The van der Waals surface area contributed by atoms with Crippen molar-refractivity contribution in [2.45, 2.75) is 37.6 Å². The molecular weight excluding hydrogens is 446 g/mol. The molecule has 0 radical (unpaired) electrons. The third kappa shape index (κ3) is 3.83. The summed E-state index contributed by atoms with van der Waals surface area (Å²) in [5.74, 6) is 1.79. The number of benzene rings is 3. The zero-order chi connectivity index (χ0) is 23.1. The summed E-state index contributed by atoms with van der Waals surface area (Å²) in [7, 11) is 1.69. The minimum absolute atomic E-state index is 0.125. The predicted octanol–water partition coefficient (Wildman–Crippen LogP) is 5.88. The van der Waals surface area contributed by atoms with Crippen molar-refractivity contribution in [3.63, 3.8) is 0 Å². The van der Waals surface area contributed by atoms with Gasteiger partial charge in [0.1, 0.15) is 11.5 Å². The largest absolute Gasteiger partial charge is 0.497 e. The van der Waals surface area contributed by atoms with Crippen LogP contribution in [0.2, 0.25) is 5.02 Å². The standard InChI is InChI=1S/C28H28ClN3O2/c1-33-23-10-7-21(8-11-23)25-18-26-24-17-22(29)9-12-27(24)34-28(32(26)30-25)13-15-31(16-14-28)19-20-5-3-2-4-6-20/h2-12,17,26H,13-16,18-19H2,1H3/t26-/m0/s1. The highest BCUT2D eigenvalue weighted by atomic mass is 35.5. The quantitative estimate of drug-likeness (QED) is 0.474. The number of rotatable bonds is 4. The van der Waals surface area contributed by atoms with Gasteiger partial charge in [-0.3, -0.25) is 4.90 Å². The fraction of sp³-hybridized carbons (Fsp3) is 0.321. The van der Waals surface area contributed by atoms with E-state index in [4.69, 9.17) is 26.2 Å². The van der Waals surface area contributed by atoms with E-state index in [0.717, 1.165) is 72.3 Å². The first-order chi connectivity index (χ1) is 16.6. The van der Waals surface area contributed by atoms with Crippen molar-refractivity contribution in [2.24, 2.45) is 5.10 Å². The van der Waals surface area contributed by atoms with Gasteiger partial charge in [-0.25, -0.2) is 5.01 Å². The fourth-order valence-corrected chi connectivity index (χ4v) is 5.62. The molecule has 174 valence electrons. The van der Waals surface area contributed by atoms with E-state index in [1.165, 1.54) is 5.56 Å². The lowest BCUT2D eigenvalue weighted by Crippen LogP contribution is -2.59. The first kappa shape index (κ1) is 21.5. The molecule has 1 spiro atoms. The van der Waals surface area contributed by atoms with Crippen molar-refractivity contribution in [1.29, 1.82) is 0 Å². The van der Waals surface area contributed by atoms with E-state index in [1.807, 2.05) is 30.3 Å². The smallest absolute Gasteiger partial charge is 0.200 e. The summed E-state index contributed by atoms with van der Waals surface area (Å²) in [6.07, 6.45) is 2.63. The topological polar surface area (TPSA) is 37.3 Å². The Balaban J connectivity index is 1.30. The van der Waals surface area contributed by atoms with Crippen molar-refractivity contribution >= 4 is 17.3 Å². The maximum atomic E-state index is 6.76. The lowest BCUT2D eigenvalue weighted by molar-refractivity contribution is -0.150. The predicted molar refractivity (Wildman–Crippen MR) is 134 cm³/mol. The number of ether oxygens (including phenoxy) is 2. The van der Waals surface area contributed by atoms with Gasteiger partial charge in [0.2, 0.25) is 5.72 Å². The molecule has 3 heterocycles. The van der Waals surface area contributed by atoms with Crippen LogP contribution >= 0.6 is 11.6 Å². The molecule has 0 N–H and O–H groups in total. The molecular formula is C28H28ClN3O2. The lowest BCUT2D eigenvalue weighted by Gasteiger charge is -2.51. The average Bonchev–Trinajstić information content (AvgIpc) is 3.34. The summed E-state index contributed by atoms with van der Waals surface area (Å²) in [5.41, 5.74) is 4.23. The zero-order valence-electron chi connectivity index (χ0n) is 19.3. The maximum absolute atomic E-state index is 6.76. The molecule has 6 rings (SSSR count). The minimum Gasteiger partial charge on any atom is -0.497 e. The molecule has 34 heavy (non-hydrogen) atoms. The molecule has 0 bridgehead atoms. The van der Waals surface area contributed by atoms with Crippen LogP contribution in [0.25, 0.3) is 0 Å². The first-order valence-corrected chi connectivity index (χ1v) is 12.3. The van der Waals surface area contributed by atoms with Gasteiger partial charge in [-0.1, -0.05) is 41.9 Å². The van der Waals surface area contributed by atoms with E-state index in [1.54, 1.807) is 7.11 Å². The van der Waals surface area contributed by atoms with E-state index in [0.29, 0.717) is 0 Å². The van der Waals surface area contributed by atoms with E-state index < -0.39 is 5.72 Å². The molecule has 0 amide bonds. The van der Waals surface area contributed by atoms with Crippen LogP contribution in [0.3, 0.4) is 0 Å². The number of hydrogen-bond donors (Lipinski definition) is 0. The molecule has 3 aromatic carbocycles. The van der Waals surface area contributed by atoms with Crippen molar-refractivity contribution in [2.75, 3.05) is 20.2 Å². The van der Waals surface area contributed by atoms with Crippen molar-refractivity contribution in [3.8, 4) is 11.5 Å². The Morgan fingerprint density at radius 1 is 1.03 bits per heavy atom. The number of hydrogen-bond acceptors (Lipinski definition) is 5. The highest BCUT2D eigenvalue weighted by molar-refractivity contribution is 6.30. The molecule has 6 heteroatoms. The molecule has 0 aliphatic carbocycles. The monoisotopic (exact) mass is 473 g/mol. The molecule has 3 aliphatic rings. The van der Waals surface area contributed by atoms with Crippen molar-refractivity contribution < 1.29 is 9.47 Å². The third-order valence-electron chi connectivity index (χ3n) is 7.27. The van der Waals surface area contributed by atoms with Crippen LogP contribution in [-0.2, 0) is 6.54 Å². The molecule has 5 nitrogen and oxygen atoms in total. The van der Waals surface area contributed by atoms with Crippen LogP contribution in [0.4, 0.5) is 0 Å². The number of methoxy groups -OCH3 is 1. The summed E-state index contributed by atoms with van der Waals surface area (Å²) in [6, 6.07) is 25.0. The van der Waals surface area contributed by atoms with Crippen LogP contribution in [0.5, 0.6) is 11.5 Å². The number of fused-ring (bicyclic) bond motifs is 4. The van der Waals surface area contributed by atoms with Crippen LogP contribution in [0.1, 0.15) is 42.0 Å². The summed E-state index contributed by atoms with van der Waals surface area (Å²) >= 11 is 6.40. The van der Waals surface area contributed by atoms with E-state index in [2.05, 4.69) is 52.4 Å². The maximum Gasteiger partial charge on any atom is 0.200 e. The summed E-state index contributed by atoms with van der Waals surface area (Å²) in [5, 5.41) is 8.14. The van der Waals surface area contributed by atoms with Gasteiger partial charge in [-0.05, 0) is 53.6 Å². The number of nitrogens with zero attached hydrogens (tertiary/aromatic N) is 3. The third-order valence-corrected chi connectivity index (χ3v) is 7.50. The molecule has 1 fully saturated rings. The van der Waals surface area contributed by atoms with Crippen LogP contribution in [-0.4, -0.2) is 41.5 Å². The van der Waals surface area contributed by atoms with E-state index in [-0.39, 0.29) is 6.04 Å².